The Morgan fingerprint density at radius 2 is 1.78 bits per heavy atom. The highest BCUT2D eigenvalue weighted by Crippen LogP contribution is 2.31. The number of nitrogens with two attached hydrogens (primary N) is 1. The summed E-state index contributed by atoms with van der Waals surface area (Å²) < 4.78 is 2.19. The molecule has 8 nitrogen and oxygen atoms in total. The van der Waals surface area contributed by atoms with Crippen molar-refractivity contribution in [1.29, 1.82) is 0 Å². The standard InChI is InChI=1S/C24H24N8/c1-14(2)23-27-21-15(3)20(25)12-26-24(21)32(23)13-16-8-10-17(11-9-16)18-6-4-5-7-19(18)22-28-30-31-29-22/h4-12,14H,13,25H2,1-3H3,(H,28,29,30,31). The Hall–Kier alpha value is -4.07. The van der Waals surface area contributed by atoms with Gasteiger partial charge in [0.2, 0.25) is 0 Å². The molecule has 2 aromatic carbocycles. The lowest BCUT2D eigenvalue weighted by molar-refractivity contribution is 0.679. The molecule has 8 heteroatoms. The number of H-pyrrole nitrogens is 1. The van der Waals surface area contributed by atoms with Crippen LogP contribution < -0.4 is 5.73 Å². The monoisotopic (exact) mass is 424 g/mol. The first-order chi connectivity index (χ1) is 15.5. The molecule has 32 heavy (non-hydrogen) atoms. The first kappa shape index (κ1) is 19.9. The highest BCUT2D eigenvalue weighted by molar-refractivity contribution is 5.81. The SMILES string of the molecule is Cc1c(N)cnc2c1nc(C(C)C)n2Cc1ccc(-c2ccccc2-c2nnn[nH]2)cc1. The van der Waals surface area contributed by atoms with Crippen molar-refractivity contribution < 1.29 is 0 Å². The zero-order chi connectivity index (χ0) is 22.2. The minimum absolute atomic E-state index is 0.270. The number of rotatable bonds is 5. The molecule has 0 atom stereocenters. The average Bonchev–Trinajstić information content (AvgIpc) is 3.46. The fourth-order valence-electron chi connectivity index (χ4n) is 3.99. The Kier molecular flexibility index (Phi) is 4.89. The molecule has 0 saturated heterocycles. The molecule has 0 aliphatic carbocycles. The Labute approximate surface area is 185 Å². The van der Waals surface area contributed by atoms with E-state index in [-0.39, 0.29) is 5.92 Å². The number of aromatic amines is 1. The molecular weight excluding hydrogens is 400 g/mol. The number of nitrogen functional groups attached to an aromatic ring is 1. The molecule has 0 saturated carbocycles. The van der Waals surface area contributed by atoms with Crippen LogP contribution in [0.3, 0.4) is 0 Å². The number of tetrazole rings is 1. The lowest BCUT2D eigenvalue weighted by Gasteiger charge is -2.12. The van der Waals surface area contributed by atoms with E-state index in [9.17, 15) is 0 Å². The van der Waals surface area contributed by atoms with Crippen LogP contribution in [0.5, 0.6) is 0 Å². The van der Waals surface area contributed by atoms with Gasteiger partial charge in [-0.2, -0.15) is 0 Å². The van der Waals surface area contributed by atoms with Gasteiger partial charge >= 0.3 is 0 Å². The smallest absolute Gasteiger partial charge is 0.180 e. The van der Waals surface area contributed by atoms with Crippen LogP contribution in [0.25, 0.3) is 33.7 Å². The summed E-state index contributed by atoms with van der Waals surface area (Å²) in [5, 5.41) is 14.3. The van der Waals surface area contributed by atoms with Crippen LogP contribution in [0.4, 0.5) is 5.69 Å². The van der Waals surface area contributed by atoms with Crippen LogP contribution in [0.2, 0.25) is 0 Å². The van der Waals surface area contributed by atoms with Crippen molar-refractivity contribution in [3.8, 4) is 22.5 Å². The lowest BCUT2D eigenvalue weighted by Crippen LogP contribution is -2.07. The van der Waals surface area contributed by atoms with E-state index in [0.717, 1.165) is 39.2 Å². The molecule has 0 fully saturated rings. The van der Waals surface area contributed by atoms with Crippen LogP contribution in [-0.4, -0.2) is 35.2 Å². The van der Waals surface area contributed by atoms with E-state index in [2.05, 4.69) is 74.4 Å². The number of nitrogens with one attached hydrogen (secondary N) is 1. The lowest BCUT2D eigenvalue weighted by atomic mass is 9.98. The first-order valence-corrected chi connectivity index (χ1v) is 10.6. The predicted molar refractivity (Wildman–Crippen MR) is 125 cm³/mol. The molecule has 0 aliphatic heterocycles. The summed E-state index contributed by atoms with van der Waals surface area (Å²) >= 11 is 0. The van der Waals surface area contributed by atoms with Crippen LogP contribution >= 0.6 is 0 Å². The molecule has 3 heterocycles. The number of nitrogens with zero attached hydrogens (tertiary/aromatic N) is 6. The molecule has 0 amide bonds. The van der Waals surface area contributed by atoms with Crippen molar-refractivity contribution in [2.75, 3.05) is 5.73 Å². The molecule has 0 bridgehead atoms. The highest BCUT2D eigenvalue weighted by atomic mass is 15.5. The van der Waals surface area contributed by atoms with Gasteiger partial charge in [0.15, 0.2) is 11.5 Å². The molecule has 3 N–H and O–H groups in total. The van der Waals surface area contributed by atoms with E-state index >= 15 is 0 Å². The number of aryl methyl sites for hydroxylation is 1. The van der Waals surface area contributed by atoms with Crippen LogP contribution in [-0.2, 0) is 6.54 Å². The zero-order valence-electron chi connectivity index (χ0n) is 18.2. The summed E-state index contributed by atoms with van der Waals surface area (Å²) in [6.07, 6.45) is 1.72. The minimum Gasteiger partial charge on any atom is -0.397 e. The Balaban J connectivity index is 1.51. The van der Waals surface area contributed by atoms with E-state index in [4.69, 9.17) is 10.7 Å². The number of fused-ring (bicyclic) bond motifs is 1. The van der Waals surface area contributed by atoms with Gasteiger partial charge in [0.1, 0.15) is 11.3 Å². The number of hydrogen-bond donors (Lipinski definition) is 2. The topological polar surface area (TPSA) is 111 Å². The normalized spacial score (nSPS) is 11.5. The third kappa shape index (κ3) is 3.39. The van der Waals surface area contributed by atoms with Crippen molar-refractivity contribution >= 4 is 16.9 Å². The number of aromatic nitrogens is 7. The molecule has 0 radical (unpaired) electrons. The molecule has 0 unspecified atom stereocenters. The summed E-state index contributed by atoms with van der Waals surface area (Å²) in [7, 11) is 0. The quantitative estimate of drug-likeness (QED) is 0.434. The molecular formula is C24H24N8. The summed E-state index contributed by atoms with van der Waals surface area (Å²) in [5.41, 5.74) is 13.8. The third-order valence-electron chi connectivity index (χ3n) is 5.73. The Morgan fingerprint density at radius 1 is 1.03 bits per heavy atom. The van der Waals surface area contributed by atoms with E-state index < -0.39 is 0 Å². The van der Waals surface area contributed by atoms with Crippen molar-refractivity contribution in [2.45, 2.75) is 33.2 Å². The Bertz CT molecular complexity index is 1380. The van der Waals surface area contributed by atoms with Gasteiger partial charge in [-0.15, -0.1) is 5.10 Å². The van der Waals surface area contributed by atoms with E-state index in [1.54, 1.807) is 6.20 Å². The maximum atomic E-state index is 6.07. The largest absolute Gasteiger partial charge is 0.397 e. The van der Waals surface area contributed by atoms with Gasteiger partial charge in [0.25, 0.3) is 0 Å². The molecule has 0 spiro atoms. The van der Waals surface area contributed by atoms with Gasteiger partial charge in [-0.3, -0.25) is 0 Å². The summed E-state index contributed by atoms with van der Waals surface area (Å²) in [6.45, 7) is 6.98. The van der Waals surface area contributed by atoms with Gasteiger partial charge in [-0.05, 0) is 34.0 Å². The van der Waals surface area contributed by atoms with Gasteiger partial charge in [-0.25, -0.2) is 15.1 Å². The fourth-order valence-corrected chi connectivity index (χ4v) is 3.99. The van der Waals surface area contributed by atoms with Crippen molar-refractivity contribution in [3.63, 3.8) is 0 Å². The third-order valence-corrected chi connectivity index (χ3v) is 5.73. The predicted octanol–water partition coefficient (Wildman–Crippen LogP) is 4.34. The van der Waals surface area contributed by atoms with Gasteiger partial charge in [-0.1, -0.05) is 62.4 Å². The van der Waals surface area contributed by atoms with E-state index in [1.165, 1.54) is 5.56 Å². The van der Waals surface area contributed by atoms with Gasteiger partial charge in [0.05, 0.1) is 18.4 Å². The average molecular weight is 425 g/mol. The molecule has 160 valence electrons. The molecule has 0 aliphatic rings. The number of pyridine rings is 1. The van der Waals surface area contributed by atoms with Crippen molar-refractivity contribution in [3.05, 3.63) is 71.7 Å². The zero-order valence-corrected chi connectivity index (χ0v) is 18.2. The maximum absolute atomic E-state index is 6.07. The number of anilines is 1. The number of hydrogen-bond acceptors (Lipinski definition) is 6. The highest BCUT2D eigenvalue weighted by Gasteiger charge is 2.18. The molecule has 5 rings (SSSR count). The fraction of sp³-hybridized carbons (Fsp3) is 0.208. The molecule has 3 aromatic heterocycles. The maximum Gasteiger partial charge on any atom is 0.180 e. The second-order valence-electron chi connectivity index (χ2n) is 8.21. The second kappa shape index (κ2) is 7.88. The summed E-state index contributed by atoms with van der Waals surface area (Å²) in [6, 6.07) is 16.6. The molecule has 5 aromatic rings. The number of imidazole rings is 1. The van der Waals surface area contributed by atoms with Crippen LogP contribution in [0.1, 0.15) is 36.7 Å². The van der Waals surface area contributed by atoms with Crippen LogP contribution in [0, 0.1) is 6.92 Å². The first-order valence-electron chi connectivity index (χ1n) is 10.6. The summed E-state index contributed by atoms with van der Waals surface area (Å²) in [5.74, 6) is 1.93. The minimum atomic E-state index is 0.270. The van der Waals surface area contributed by atoms with Crippen LogP contribution in [0.15, 0.2) is 54.7 Å². The second-order valence-corrected chi connectivity index (χ2v) is 8.21. The summed E-state index contributed by atoms with van der Waals surface area (Å²) in [4.78, 5) is 9.47. The van der Waals surface area contributed by atoms with E-state index in [0.29, 0.717) is 18.1 Å². The van der Waals surface area contributed by atoms with Crippen molar-refractivity contribution in [2.24, 2.45) is 0 Å². The van der Waals surface area contributed by atoms with Gasteiger partial charge < -0.3 is 10.3 Å². The van der Waals surface area contributed by atoms with Gasteiger partial charge in [0, 0.05) is 17.0 Å². The number of benzene rings is 2. The van der Waals surface area contributed by atoms with Crippen molar-refractivity contribution in [1.82, 2.24) is 35.2 Å². The Morgan fingerprint density at radius 3 is 2.47 bits per heavy atom. The van der Waals surface area contributed by atoms with E-state index in [1.807, 2.05) is 25.1 Å².